The molecule has 0 aromatic rings. The Morgan fingerprint density at radius 2 is 1.57 bits per heavy atom. The SMILES string of the molecule is CC.CC(=O)N1C2CCC1CC(C)C2. The molecule has 2 aliphatic rings. The van der Waals surface area contributed by atoms with Gasteiger partial charge in [0.05, 0.1) is 0 Å². The first-order valence-electron chi connectivity index (χ1n) is 5.97. The maximum Gasteiger partial charge on any atom is 0.219 e. The summed E-state index contributed by atoms with van der Waals surface area (Å²) < 4.78 is 0. The first-order chi connectivity index (χ1) is 6.68. The molecular weight excluding hydrogens is 174 g/mol. The van der Waals surface area contributed by atoms with E-state index in [0.29, 0.717) is 12.1 Å². The van der Waals surface area contributed by atoms with Gasteiger partial charge in [-0.1, -0.05) is 20.8 Å². The predicted octanol–water partition coefficient (Wildman–Crippen LogP) is 2.82. The zero-order valence-corrected chi connectivity index (χ0v) is 9.92. The van der Waals surface area contributed by atoms with E-state index in [9.17, 15) is 4.79 Å². The van der Waals surface area contributed by atoms with Crippen LogP contribution in [0, 0.1) is 5.92 Å². The lowest BCUT2D eigenvalue weighted by atomic mass is 9.92. The van der Waals surface area contributed by atoms with E-state index in [2.05, 4.69) is 11.8 Å². The molecule has 2 bridgehead atoms. The summed E-state index contributed by atoms with van der Waals surface area (Å²) in [6.07, 6.45) is 4.95. The summed E-state index contributed by atoms with van der Waals surface area (Å²) >= 11 is 0. The Balaban J connectivity index is 0.000000461. The molecule has 1 amide bonds. The van der Waals surface area contributed by atoms with E-state index in [1.54, 1.807) is 6.92 Å². The summed E-state index contributed by atoms with van der Waals surface area (Å²) in [6, 6.07) is 1.16. The Morgan fingerprint density at radius 3 is 1.93 bits per heavy atom. The molecular formula is C12H23NO. The van der Waals surface area contributed by atoms with Gasteiger partial charge in [0.1, 0.15) is 0 Å². The number of amides is 1. The second kappa shape index (κ2) is 4.81. The third kappa shape index (κ3) is 2.10. The van der Waals surface area contributed by atoms with E-state index in [4.69, 9.17) is 0 Å². The first-order valence-corrected chi connectivity index (χ1v) is 5.97. The van der Waals surface area contributed by atoms with Crippen molar-refractivity contribution in [3.63, 3.8) is 0 Å². The fourth-order valence-electron chi connectivity index (χ4n) is 2.96. The van der Waals surface area contributed by atoms with E-state index in [-0.39, 0.29) is 5.91 Å². The van der Waals surface area contributed by atoms with Crippen LogP contribution in [-0.4, -0.2) is 22.9 Å². The van der Waals surface area contributed by atoms with Crippen molar-refractivity contribution in [2.45, 2.75) is 65.5 Å². The van der Waals surface area contributed by atoms with Crippen molar-refractivity contribution in [1.29, 1.82) is 0 Å². The standard InChI is InChI=1S/C10H17NO.C2H6/c1-7-5-9-3-4-10(6-7)11(9)8(2)12;1-2/h7,9-10H,3-6H2,1-2H3;1-2H3. The van der Waals surface area contributed by atoms with Crippen LogP contribution >= 0.6 is 0 Å². The Bertz CT molecular complexity index is 188. The minimum atomic E-state index is 0.286. The molecule has 0 saturated carbocycles. The second-order valence-corrected chi connectivity index (χ2v) is 4.39. The maximum atomic E-state index is 11.3. The van der Waals surface area contributed by atoms with Gasteiger partial charge >= 0.3 is 0 Å². The van der Waals surface area contributed by atoms with Crippen LogP contribution in [0.2, 0.25) is 0 Å². The van der Waals surface area contributed by atoms with Crippen LogP contribution in [0.4, 0.5) is 0 Å². The zero-order chi connectivity index (χ0) is 10.7. The monoisotopic (exact) mass is 197 g/mol. The number of rotatable bonds is 0. The van der Waals surface area contributed by atoms with Gasteiger partial charge < -0.3 is 4.90 Å². The molecule has 0 spiro atoms. The number of nitrogens with zero attached hydrogens (tertiary/aromatic N) is 1. The summed E-state index contributed by atoms with van der Waals surface area (Å²) in [5, 5.41) is 0. The molecule has 2 fully saturated rings. The highest BCUT2D eigenvalue weighted by Crippen LogP contribution is 2.38. The summed E-state index contributed by atoms with van der Waals surface area (Å²) in [7, 11) is 0. The van der Waals surface area contributed by atoms with Crippen molar-refractivity contribution >= 4 is 5.91 Å². The molecule has 2 heterocycles. The second-order valence-electron chi connectivity index (χ2n) is 4.39. The summed E-state index contributed by atoms with van der Waals surface area (Å²) in [5.41, 5.74) is 0. The lowest BCUT2D eigenvalue weighted by Crippen LogP contribution is -2.44. The summed E-state index contributed by atoms with van der Waals surface area (Å²) in [6.45, 7) is 8.02. The van der Waals surface area contributed by atoms with Crippen molar-refractivity contribution in [3.05, 3.63) is 0 Å². The van der Waals surface area contributed by atoms with Crippen molar-refractivity contribution in [2.75, 3.05) is 0 Å². The van der Waals surface area contributed by atoms with Gasteiger partial charge in [0.15, 0.2) is 0 Å². The zero-order valence-electron chi connectivity index (χ0n) is 9.92. The number of fused-ring (bicyclic) bond motifs is 2. The molecule has 82 valence electrons. The maximum absolute atomic E-state index is 11.3. The average Bonchev–Trinajstić information content (AvgIpc) is 2.43. The van der Waals surface area contributed by atoms with Crippen molar-refractivity contribution in [2.24, 2.45) is 5.92 Å². The molecule has 2 atom stereocenters. The molecule has 0 aliphatic carbocycles. The fourth-order valence-corrected chi connectivity index (χ4v) is 2.96. The molecule has 2 saturated heterocycles. The minimum absolute atomic E-state index is 0.286. The largest absolute Gasteiger partial charge is 0.337 e. The third-order valence-electron chi connectivity index (χ3n) is 3.33. The molecule has 0 aromatic heterocycles. The smallest absolute Gasteiger partial charge is 0.219 e. The molecule has 0 radical (unpaired) electrons. The Hall–Kier alpha value is -0.530. The number of piperidine rings is 1. The number of carbonyl (C=O) groups is 1. The van der Waals surface area contributed by atoms with Crippen LogP contribution < -0.4 is 0 Å². The van der Waals surface area contributed by atoms with Crippen molar-refractivity contribution in [1.82, 2.24) is 4.90 Å². The van der Waals surface area contributed by atoms with Crippen molar-refractivity contribution in [3.8, 4) is 0 Å². The van der Waals surface area contributed by atoms with E-state index in [1.807, 2.05) is 13.8 Å². The molecule has 2 heteroatoms. The van der Waals surface area contributed by atoms with Crippen LogP contribution in [0.25, 0.3) is 0 Å². The Kier molecular flexibility index (Phi) is 3.97. The lowest BCUT2D eigenvalue weighted by Gasteiger charge is -2.37. The molecule has 2 nitrogen and oxygen atoms in total. The van der Waals surface area contributed by atoms with Crippen LogP contribution in [0.15, 0.2) is 0 Å². The lowest BCUT2D eigenvalue weighted by molar-refractivity contribution is -0.133. The molecule has 0 aromatic carbocycles. The van der Waals surface area contributed by atoms with Gasteiger partial charge in [0.25, 0.3) is 0 Å². The van der Waals surface area contributed by atoms with E-state index in [0.717, 1.165) is 5.92 Å². The van der Waals surface area contributed by atoms with E-state index >= 15 is 0 Å². The Morgan fingerprint density at radius 1 is 1.14 bits per heavy atom. The molecule has 2 aliphatic heterocycles. The highest BCUT2D eigenvalue weighted by molar-refractivity contribution is 5.74. The van der Waals surface area contributed by atoms with Gasteiger partial charge in [-0.05, 0) is 31.6 Å². The van der Waals surface area contributed by atoms with Gasteiger partial charge in [0, 0.05) is 19.0 Å². The molecule has 0 N–H and O–H groups in total. The van der Waals surface area contributed by atoms with Gasteiger partial charge in [-0.2, -0.15) is 0 Å². The number of hydrogen-bond acceptors (Lipinski definition) is 1. The molecule has 2 unspecified atom stereocenters. The number of carbonyl (C=O) groups excluding carboxylic acids is 1. The molecule has 2 rings (SSSR count). The molecule has 14 heavy (non-hydrogen) atoms. The fraction of sp³-hybridized carbons (Fsp3) is 0.917. The summed E-state index contributed by atoms with van der Waals surface area (Å²) in [4.78, 5) is 13.4. The van der Waals surface area contributed by atoms with Crippen LogP contribution in [0.3, 0.4) is 0 Å². The van der Waals surface area contributed by atoms with E-state index < -0.39 is 0 Å². The third-order valence-corrected chi connectivity index (χ3v) is 3.33. The van der Waals surface area contributed by atoms with Gasteiger partial charge in [-0.3, -0.25) is 4.79 Å². The van der Waals surface area contributed by atoms with Crippen LogP contribution in [0.1, 0.15) is 53.4 Å². The topological polar surface area (TPSA) is 20.3 Å². The minimum Gasteiger partial charge on any atom is -0.337 e. The van der Waals surface area contributed by atoms with Gasteiger partial charge in [-0.25, -0.2) is 0 Å². The first kappa shape index (κ1) is 11.5. The number of hydrogen-bond donors (Lipinski definition) is 0. The normalized spacial score (nSPS) is 34.9. The Labute approximate surface area is 87.7 Å². The van der Waals surface area contributed by atoms with Crippen LogP contribution in [-0.2, 0) is 4.79 Å². The van der Waals surface area contributed by atoms with Gasteiger partial charge in [-0.15, -0.1) is 0 Å². The average molecular weight is 197 g/mol. The summed E-state index contributed by atoms with van der Waals surface area (Å²) in [5.74, 6) is 1.12. The van der Waals surface area contributed by atoms with Crippen molar-refractivity contribution < 1.29 is 4.79 Å². The van der Waals surface area contributed by atoms with Gasteiger partial charge in [0.2, 0.25) is 5.91 Å². The quantitative estimate of drug-likeness (QED) is 0.585. The highest BCUT2D eigenvalue weighted by atomic mass is 16.2. The van der Waals surface area contributed by atoms with E-state index in [1.165, 1.54) is 25.7 Å². The predicted molar refractivity (Wildman–Crippen MR) is 59.1 cm³/mol. The van der Waals surface area contributed by atoms with Crippen LogP contribution in [0.5, 0.6) is 0 Å². The highest BCUT2D eigenvalue weighted by Gasteiger charge is 2.40.